The van der Waals surface area contributed by atoms with Crippen LogP contribution < -0.4 is 10.6 Å². The van der Waals surface area contributed by atoms with Gasteiger partial charge in [-0.05, 0) is 42.5 Å². The molecule has 2 aromatic rings. The van der Waals surface area contributed by atoms with Gasteiger partial charge in [0.15, 0.2) is 6.61 Å². The topological polar surface area (TPSA) is 122 Å². The Kier molecular flexibility index (Phi) is 8.29. The number of sulfonamides is 1. The first kappa shape index (κ1) is 24.0. The van der Waals surface area contributed by atoms with Crippen LogP contribution in [0.15, 0.2) is 53.4 Å². The maximum Gasteiger partial charge on any atom is 0.338 e. The molecule has 166 valence electrons. The Morgan fingerprint density at radius 3 is 2.06 bits per heavy atom. The van der Waals surface area contributed by atoms with E-state index in [1.54, 1.807) is 38.1 Å². The van der Waals surface area contributed by atoms with E-state index in [4.69, 9.17) is 4.74 Å². The van der Waals surface area contributed by atoms with Crippen LogP contribution in [-0.2, 0) is 24.3 Å². The number of amides is 2. The first-order valence-electron chi connectivity index (χ1n) is 9.62. The number of rotatable bonds is 9. The van der Waals surface area contributed by atoms with Crippen molar-refractivity contribution in [3.05, 3.63) is 54.1 Å². The van der Waals surface area contributed by atoms with Gasteiger partial charge < -0.3 is 15.4 Å². The lowest BCUT2D eigenvalue weighted by atomic mass is 10.2. The molecule has 0 bridgehead atoms. The fraction of sp³-hybridized carbons (Fsp3) is 0.286. The highest BCUT2D eigenvalue weighted by Gasteiger charge is 2.23. The number of carbonyl (C=O) groups is 3. The second-order valence-corrected chi connectivity index (χ2v) is 8.44. The molecule has 9 nitrogen and oxygen atoms in total. The minimum Gasteiger partial charge on any atom is -0.452 e. The average molecular weight is 448 g/mol. The molecule has 10 heteroatoms. The van der Waals surface area contributed by atoms with E-state index in [1.807, 2.05) is 0 Å². The van der Waals surface area contributed by atoms with Crippen molar-refractivity contribution in [1.29, 1.82) is 0 Å². The summed E-state index contributed by atoms with van der Waals surface area (Å²) in [5, 5.41) is 5.17. The van der Waals surface area contributed by atoms with E-state index in [0.29, 0.717) is 24.5 Å². The molecule has 2 N–H and O–H groups in total. The average Bonchev–Trinajstić information content (AvgIpc) is 2.74. The Labute approximate surface area is 181 Å². The van der Waals surface area contributed by atoms with Crippen LogP contribution in [0.1, 0.15) is 31.1 Å². The normalized spacial score (nSPS) is 11.1. The van der Waals surface area contributed by atoms with Crippen molar-refractivity contribution in [2.75, 3.05) is 30.3 Å². The number of ether oxygens (including phenoxy) is 1. The SMILES string of the molecule is CCN(CC)S(=O)(=O)c1cccc(C(=O)OCC(=O)Nc2ccc(NC(C)=O)cc2)c1. The summed E-state index contributed by atoms with van der Waals surface area (Å²) in [4.78, 5) is 35.3. The third-order valence-electron chi connectivity index (χ3n) is 4.24. The molecule has 0 spiro atoms. The van der Waals surface area contributed by atoms with Gasteiger partial charge in [0, 0.05) is 31.4 Å². The molecule has 0 atom stereocenters. The highest BCUT2D eigenvalue weighted by Crippen LogP contribution is 2.18. The second-order valence-electron chi connectivity index (χ2n) is 6.50. The van der Waals surface area contributed by atoms with Crippen LogP contribution in [0.2, 0.25) is 0 Å². The zero-order valence-electron chi connectivity index (χ0n) is 17.5. The first-order chi connectivity index (χ1) is 14.7. The fourth-order valence-corrected chi connectivity index (χ4v) is 4.25. The summed E-state index contributed by atoms with van der Waals surface area (Å²) in [5.74, 6) is -1.59. The van der Waals surface area contributed by atoms with Crippen molar-refractivity contribution in [1.82, 2.24) is 4.31 Å². The molecule has 2 aromatic carbocycles. The number of carbonyl (C=O) groups excluding carboxylic acids is 3. The summed E-state index contributed by atoms with van der Waals surface area (Å²) >= 11 is 0. The molecule has 2 amide bonds. The van der Waals surface area contributed by atoms with Gasteiger partial charge in [0.2, 0.25) is 15.9 Å². The molecule has 0 unspecified atom stereocenters. The van der Waals surface area contributed by atoms with Gasteiger partial charge in [0.1, 0.15) is 0 Å². The molecule has 2 rings (SSSR count). The fourth-order valence-electron chi connectivity index (χ4n) is 2.75. The summed E-state index contributed by atoms with van der Waals surface area (Å²) in [6.45, 7) is 4.91. The molecule has 0 heterocycles. The number of nitrogens with zero attached hydrogens (tertiary/aromatic N) is 1. The lowest BCUT2D eigenvalue weighted by Gasteiger charge is -2.18. The number of hydrogen-bond donors (Lipinski definition) is 2. The van der Waals surface area contributed by atoms with Crippen molar-refractivity contribution in [2.24, 2.45) is 0 Å². The van der Waals surface area contributed by atoms with Crippen molar-refractivity contribution < 1.29 is 27.5 Å². The van der Waals surface area contributed by atoms with Crippen LogP contribution in [-0.4, -0.2) is 50.2 Å². The van der Waals surface area contributed by atoms with Gasteiger partial charge in [-0.1, -0.05) is 19.9 Å². The Morgan fingerprint density at radius 2 is 1.52 bits per heavy atom. The van der Waals surface area contributed by atoms with E-state index in [-0.39, 0.29) is 16.4 Å². The summed E-state index contributed by atoms with van der Waals surface area (Å²) < 4.78 is 31.5. The molecular formula is C21H25N3O6S. The number of esters is 1. The largest absolute Gasteiger partial charge is 0.452 e. The predicted octanol–water partition coefficient (Wildman–Crippen LogP) is 2.47. The van der Waals surface area contributed by atoms with Gasteiger partial charge in [-0.2, -0.15) is 4.31 Å². The van der Waals surface area contributed by atoms with Gasteiger partial charge in [0.25, 0.3) is 5.91 Å². The van der Waals surface area contributed by atoms with Crippen molar-refractivity contribution in [2.45, 2.75) is 25.7 Å². The highest BCUT2D eigenvalue weighted by molar-refractivity contribution is 7.89. The second kappa shape index (κ2) is 10.7. The lowest BCUT2D eigenvalue weighted by Crippen LogP contribution is -2.30. The highest BCUT2D eigenvalue weighted by atomic mass is 32.2. The number of benzene rings is 2. The Bertz CT molecular complexity index is 1050. The van der Waals surface area contributed by atoms with E-state index in [1.165, 1.54) is 35.5 Å². The zero-order chi connectivity index (χ0) is 23.0. The lowest BCUT2D eigenvalue weighted by molar-refractivity contribution is -0.119. The maximum atomic E-state index is 12.6. The standard InChI is InChI=1S/C21H25N3O6S/c1-4-24(5-2)31(28,29)19-8-6-7-16(13-19)21(27)30-14-20(26)23-18-11-9-17(10-12-18)22-15(3)25/h6-13H,4-5,14H2,1-3H3,(H,22,25)(H,23,26). The van der Waals surface area contributed by atoms with E-state index in [0.717, 1.165) is 0 Å². The van der Waals surface area contributed by atoms with Crippen molar-refractivity contribution >= 4 is 39.2 Å². The van der Waals surface area contributed by atoms with Gasteiger partial charge in [-0.15, -0.1) is 0 Å². The molecule has 0 aliphatic heterocycles. The molecule has 0 saturated carbocycles. The molecule has 0 radical (unpaired) electrons. The minimum absolute atomic E-state index is 0.0191. The number of anilines is 2. The summed E-state index contributed by atoms with van der Waals surface area (Å²) in [6.07, 6.45) is 0. The molecule has 0 fully saturated rings. The summed E-state index contributed by atoms with van der Waals surface area (Å²) in [5.41, 5.74) is 1.07. The van der Waals surface area contributed by atoms with Crippen LogP contribution in [0.25, 0.3) is 0 Å². The Morgan fingerprint density at radius 1 is 0.935 bits per heavy atom. The third kappa shape index (κ3) is 6.63. The molecule has 0 aromatic heterocycles. The monoisotopic (exact) mass is 447 g/mol. The smallest absolute Gasteiger partial charge is 0.338 e. The quantitative estimate of drug-likeness (QED) is 0.570. The Hall–Kier alpha value is -3.24. The van der Waals surface area contributed by atoms with E-state index in [9.17, 15) is 22.8 Å². The van der Waals surface area contributed by atoms with Gasteiger partial charge >= 0.3 is 5.97 Å². The van der Waals surface area contributed by atoms with Gasteiger partial charge in [0.05, 0.1) is 10.5 Å². The van der Waals surface area contributed by atoms with Crippen LogP contribution >= 0.6 is 0 Å². The van der Waals surface area contributed by atoms with E-state index < -0.39 is 28.5 Å². The number of nitrogens with one attached hydrogen (secondary N) is 2. The molecular weight excluding hydrogens is 422 g/mol. The first-order valence-corrected chi connectivity index (χ1v) is 11.1. The van der Waals surface area contributed by atoms with Gasteiger partial charge in [-0.25, -0.2) is 13.2 Å². The van der Waals surface area contributed by atoms with Crippen LogP contribution in [0, 0.1) is 0 Å². The predicted molar refractivity (Wildman–Crippen MR) is 116 cm³/mol. The summed E-state index contributed by atoms with van der Waals surface area (Å²) in [7, 11) is -3.72. The van der Waals surface area contributed by atoms with E-state index >= 15 is 0 Å². The minimum atomic E-state index is -3.72. The van der Waals surface area contributed by atoms with Gasteiger partial charge in [-0.3, -0.25) is 9.59 Å². The Balaban J connectivity index is 1.98. The van der Waals surface area contributed by atoms with Crippen LogP contribution in [0.4, 0.5) is 11.4 Å². The van der Waals surface area contributed by atoms with Crippen molar-refractivity contribution in [3.63, 3.8) is 0 Å². The van der Waals surface area contributed by atoms with E-state index in [2.05, 4.69) is 10.6 Å². The number of hydrogen-bond acceptors (Lipinski definition) is 6. The zero-order valence-corrected chi connectivity index (χ0v) is 18.4. The maximum absolute atomic E-state index is 12.6. The summed E-state index contributed by atoms with van der Waals surface area (Å²) in [6, 6.07) is 11.9. The molecule has 0 saturated heterocycles. The van der Waals surface area contributed by atoms with Crippen molar-refractivity contribution in [3.8, 4) is 0 Å². The van der Waals surface area contributed by atoms with Crippen LogP contribution in [0.5, 0.6) is 0 Å². The molecule has 0 aliphatic carbocycles. The third-order valence-corrected chi connectivity index (χ3v) is 6.28. The molecule has 0 aliphatic rings. The molecule has 31 heavy (non-hydrogen) atoms. The van der Waals surface area contributed by atoms with Crippen LogP contribution in [0.3, 0.4) is 0 Å².